The lowest BCUT2D eigenvalue weighted by Gasteiger charge is -2.08. The number of carbonyl (C=O) groups excluding carboxylic acids is 1. The van der Waals surface area contributed by atoms with Gasteiger partial charge in [0, 0.05) is 19.0 Å². The number of nitrogen functional groups attached to an aromatic ring is 1. The lowest BCUT2D eigenvalue weighted by molar-refractivity contribution is -0.121. The molecule has 1 aromatic heterocycles. The summed E-state index contributed by atoms with van der Waals surface area (Å²) in [7, 11) is 0. The van der Waals surface area contributed by atoms with E-state index in [0.29, 0.717) is 18.2 Å². The minimum absolute atomic E-state index is 0.154. The Morgan fingerprint density at radius 2 is 2.33 bits per heavy atom. The van der Waals surface area contributed by atoms with Gasteiger partial charge in [-0.05, 0) is 37.8 Å². The summed E-state index contributed by atoms with van der Waals surface area (Å²) in [6.45, 7) is 2.71. The number of aromatic nitrogens is 1. The summed E-state index contributed by atoms with van der Waals surface area (Å²) in [5.74, 6) is 0.994. The van der Waals surface area contributed by atoms with E-state index in [1.807, 2.05) is 13.0 Å². The Kier molecular flexibility index (Phi) is 4.02. The van der Waals surface area contributed by atoms with Gasteiger partial charge in [-0.25, -0.2) is 4.98 Å². The van der Waals surface area contributed by atoms with Crippen LogP contribution in [-0.4, -0.2) is 23.5 Å². The molecule has 4 N–H and O–H groups in total. The third kappa shape index (κ3) is 3.91. The molecule has 18 heavy (non-hydrogen) atoms. The van der Waals surface area contributed by atoms with Gasteiger partial charge in [-0.15, -0.1) is 0 Å². The van der Waals surface area contributed by atoms with Crippen molar-refractivity contribution in [1.29, 1.82) is 0 Å². The Bertz CT molecular complexity index is 429. The van der Waals surface area contributed by atoms with Crippen LogP contribution in [0, 0.1) is 6.92 Å². The Labute approximate surface area is 107 Å². The van der Waals surface area contributed by atoms with Gasteiger partial charge in [0.2, 0.25) is 5.91 Å². The first-order valence-corrected chi connectivity index (χ1v) is 6.40. The first-order chi connectivity index (χ1) is 8.65. The highest BCUT2D eigenvalue weighted by Gasteiger charge is 2.22. The molecule has 5 nitrogen and oxygen atoms in total. The van der Waals surface area contributed by atoms with Crippen LogP contribution < -0.4 is 16.4 Å². The molecule has 1 heterocycles. The number of amides is 1. The normalized spacial score (nSPS) is 14.3. The number of rotatable bonds is 6. The van der Waals surface area contributed by atoms with E-state index in [9.17, 15) is 4.79 Å². The van der Waals surface area contributed by atoms with E-state index in [1.54, 1.807) is 6.20 Å². The summed E-state index contributed by atoms with van der Waals surface area (Å²) >= 11 is 0. The summed E-state index contributed by atoms with van der Waals surface area (Å²) in [4.78, 5) is 15.7. The summed E-state index contributed by atoms with van der Waals surface area (Å²) in [6.07, 6.45) is 5.29. The Morgan fingerprint density at radius 1 is 1.56 bits per heavy atom. The van der Waals surface area contributed by atoms with Crippen molar-refractivity contribution >= 4 is 17.4 Å². The molecule has 0 aliphatic heterocycles. The van der Waals surface area contributed by atoms with Gasteiger partial charge in [0.15, 0.2) is 0 Å². The van der Waals surface area contributed by atoms with Crippen molar-refractivity contribution in [2.45, 2.75) is 38.6 Å². The molecular weight excluding hydrogens is 228 g/mol. The SMILES string of the molecule is Cc1cc(N)cnc1NCCCC(=O)NC1CC1. The van der Waals surface area contributed by atoms with Crippen molar-refractivity contribution in [3.05, 3.63) is 17.8 Å². The maximum Gasteiger partial charge on any atom is 0.220 e. The average Bonchev–Trinajstić information content (AvgIpc) is 3.10. The lowest BCUT2D eigenvalue weighted by Crippen LogP contribution is -2.25. The number of nitrogens with one attached hydrogen (secondary N) is 2. The quantitative estimate of drug-likeness (QED) is 0.666. The van der Waals surface area contributed by atoms with Crippen molar-refractivity contribution in [3.8, 4) is 0 Å². The number of aryl methyl sites for hydroxylation is 1. The molecule has 1 amide bonds. The zero-order chi connectivity index (χ0) is 13.0. The van der Waals surface area contributed by atoms with E-state index in [4.69, 9.17) is 5.73 Å². The number of carbonyl (C=O) groups is 1. The Morgan fingerprint density at radius 3 is 3.00 bits per heavy atom. The standard InChI is InChI=1S/C13H20N4O/c1-9-7-10(14)8-16-13(9)15-6-2-3-12(18)17-11-4-5-11/h7-8,11H,2-6,14H2,1H3,(H,15,16)(H,17,18). The summed E-state index contributed by atoms with van der Waals surface area (Å²) in [6, 6.07) is 2.33. The van der Waals surface area contributed by atoms with Gasteiger partial charge in [-0.2, -0.15) is 0 Å². The van der Waals surface area contributed by atoms with E-state index in [2.05, 4.69) is 15.6 Å². The van der Waals surface area contributed by atoms with Crippen molar-refractivity contribution in [1.82, 2.24) is 10.3 Å². The highest BCUT2D eigenvalue weighted by molar-refractivity contribution is 5.76. The topological polar surface area (TPSA) is 80.0 Å². The fraction of sp³-hybridized carbons (Fsp3) is 0.538. The second-order valence-corrected chi connectivity index (χ2v) is 4.81. The monoisotopic (exact) mass is 248 g/mol. The zero-order valence-electron chi connectivity index (χ0n) is 10.7. The molecule has 0 saturated heterocycles. The molecule has 1 aliphatic rings. The molecule has 0 spiro atoms. The molecule has 1 saturated carbocycles. The van der Waals surface area contributed by atoms with Crippen molar-refractivity contribution in [3.63, 3.8) is 0 Å². The summed E-state index contributed by atoms with van der Waals surface area (Å²) in [5, 5.41) is 6.19. The van der Waals surface area contributed by atoms with Gasteiger partial charge in [-0.3, -0.25) is 4.79 Å². The molecule has 1 aliphatic carbocycles. The molecule has 5 heteroatoms. The van der Waals surface area contributed by atoms with Crippen LogP contribution in [0.5, 0.6) is 0 Å². The van der Waals surface area contributed by atoms with Crippen molar-refractivity contribution in [2.24, 2.45) is 0 Å². The van der Waals surface area contributed by atoms with E-state index in [0.717, 1.165) is 37.2 Å². The third-order valence-electron chi connectivity index (χ3n) is 2.91. The molecule has 0 radical (unpaired) electrons. The smallest absolute Gasteiger partial charge is 0.220 e. The van der Waals surface area contributed by atoms with E-state index in [-0.39, 0.29) is 5.91 Å². The van der Waals surface area contributed by atoms with Gasteiger partial charge in [0.25, 0.3) is 0 Å². The molecule has 98 valence electrons. The van der Waals surface area contributed by atoms with Crippen molar-refractivity contribution < 1.29 is 4.79 Å². The number of nitrogens with two attached hydrogens (primary N) is 1. The van der Waals surface area contributed by atoms with Crippen molar-refractivity contribution in [2.75, 3.05) is 17.6 Å². The van der Waals surface area contributed by atoms with Gasteiger partial charge in [0.1, 0.15) is 5.82 Å². The van der Waals surface area contributed by atoms with Gasteiger partial charge < -0.3 is 16.4 Å². The number of hydrogen-bond donors (Lipinski definition) is 3. The molecule has 1 fully saturated rings. The second-order valence-electron chi connectivity index (χ2n) is 4.81. The molecule has 0 atom stereocenters. The van der Waals surface area contributed by atoms with Crippen LogP contribution in [0.15, 0.2) is 12.3 Å². The Balaban J connectivity index is 1.66. The summed E-state index contributed by atoms with van der Waals surface area (Å²) < 4.78 is 0. The van der Waals surface area contributed by atoms with Crippen LogP contribution in [0.25, 0.3) is 0 Å². The van der Waals surface area contributed by atoms with E-state index >= 15 is 0 Å². The molecular formula is C13H20N4O. The largest absolute Gasteiger partial charge is 0.397 e. The highest BCUT2D eigenvalue weighted by Crippen LogP contribution is 2.18. The van der Waals surface area contributed by atoms with Crippen LogP contribution in [0.4, 0.5) is 11.5 Å². The second kappa shape index (κ2) is 5.71. The van der Waals surface area contributed by atoms with Gasteiger partial charge >= 0.3 is 0 Å². The van der Waals surface area contributed by atoms with Gasteiger partial charge in [0.05, 0.1) is 11.9 Å². The number of nitrogens with zero attached hydrogens (tertiary/aromatic N) is 1. The van der Waals surface area contributed by atoms with Crippen LogP contribution in [0.3, 0.4) is 0 Å². The minimum atomic E-state index is 0.154. The number of pyridine rings is 1. The third-order valence-corrected chi connectivity index (χ3v) is 2.91. The minimum Gasteiger partial charge on any atom is -0.397 e. The van der Waals surface area contributed by atoms with Crippen LogP contribution in [-0.2, 0) is 4.79 Å². The van der Waals surface area contributed by atoms with Crippen LogP contribution in [0.2, 0.25) is 0 Å². The van der Waals surface area contributed by atoms with Crippen LogP contribution >= 0.6 is 0 Å². The van der Waals surface area contributed by atoms with Gasteiger partial charge in [-0.1, -0.05) is 0 Å². The molecule has 2 rings (SSSR count). The molecule has 1 aromatic rings. The number of anilines is 2. The summed E-state index contributed by atoms with van der Waals surface area (Å²) in [5.41, 5.74) is 7.32. The molecule has 0 aromatic carbocycles. The fourth-order valence-electron chi connectivity index (χ4n) is 1.76. The Hall–Kier alpha value is -1.78. The maximum atomic E-state index is 11.4. The lowest BCUT2D eigenvalue weighted by atomic mass is 10.2. The predicted molar refractivity (Wildman–Crippen MR) is 72.3 cm³/mol. The predicted octanol–water partition coefficient (Wildman–Crippen LogP) is 1.44. The number of hydrogen-bond acceptors (Lipinski definition) is 4. The average molecular weight is 248 g/mol. The zero-order valence-corrected chi connectivity index (χ0v) is 10.7. The fourth-order valence-corrected chi connectivity index (χ4v) is 1.76. The molecule has 0 unspecified atom stereocenters. The highest BCUT2D eigenvalue weighted by atomic mass is 16.1. The van der Waals surface area contributed by atoms with Crippen LogP contribution in [0.1, 0.15) is 31.2 Å². The first-order valence-electron chi connectivity index (χ1n) is 6.40. The maximum absolute atomic E-state index is 11.4. The first kappa shape index (κ1) is 12.7. The van der Waals surface area contributed by atoms with E-state index < -0.39 is 0 Å². The molecule has 0 bridgehead atoms. The van der Waals surface area contributed by atoms with E-state index in [1.165, 1.54) is 0 Å².